The third-order valence-corrected chi connectivity index (χ3v) is 3.84. The van der Waals surface area contributed by atoms with Crippen LogP contribution in [0.4, 0.5) is 0 Å². The molecule has 0 amide bonds. The van der Waals surface area contributed by atoms with Gasteiger partial charge in [0.25, 0.3) is 0 Å². The zero-order valence-electron chi connectivity index (χ0n) is 9.56. The van der Waals surface area contributed by atoms with Gasteiger partial charge in [0.1, 0.15) is 0 Å². The van der Waals surface area contributed by atoms with Crippen molar-refractivity contribution < 1.29 is 0 Å². The largest absolute Gasteiger partial charge is 0.316 e. The van der Waals surface area contributed by atoms with Gasteiger partial charge < -0.3 is 5.32 Å². The Labute approximate surface area is 93.6 Å². The monoisotopic (exact) mass is 217 g/mol. The molecular weight excluding hydrogens is 194 g/mol. The van der Waals surface area contributed by atoms with E-state index in [0.29, 0.717) is 5.38 Å². The fourth-order valence-corrected chi connectivity index (χ4v) is 2.26. The number of hydrogen-bond acceptors (Lipinski definition) is 1. The Bertz CT molecular complexity index is 141. The average Bonchev–Trinajstić information content (AvgIpc) is 2.21. The highest BCUT2D eigenvalue weighted by atomic mass is 35.5. The molecule has 0 aliphatic heterocycles. The lowest BCUT2D eigenvalue weighted by atomic mass is 9.89. The van der Waals surface area contributed by atoms with Crippen LogP contribution < -0.4 is 5.32 Å². The van der Waals surface area contributed by atoms with Crippen LogP contribution in [0.3, 0.4) is 0 Å². The molecule has 1 atom stereocenters. The quantitative estimate of drug-likeness (QED) is 0.696. The average molecular weight is 218 g/mol. The van der Waals surface area contributed by atoms with E-state index in [-0.39, 0.29) is 0 Å². The molecule has 0 heterocycles. The molecule has 1 N–H and O–H groups in total. The third-order valence-electron chi connectivity index (χ3n) is 3.40. The van der Waals surface area contributed by atoms with E-state index in [1.54, 1.807) is 0 Å². The van der Waals surface area contributed by atoms with Crippen LogP contribution in [0.15, 0.2) is 0 Å². The van der Waals surface area contributed by atoms with Crippen LogP contribution in [-0.2, 0) is 0 Å². The first-order valence-corrected chi connectivity index (χ1v) is 6.50. The lowest BCUT2D eigenvalue weighted by Gasteiger charge is -2.25. The van der Waals surface area contributed by atoms with E-state index in [1.807, 2.05) is 0 Å². The molecule has 1 rings (SSSR count). The van der Waals surface area contributed by atoms with Crippen molar-refractivity contribution in [2.24, 2.45) is 11.8 Å². The SMILES string of the molecule is CCC(C)CNCC1CCC(Cl)CC1. The zero-order valence-corrected chi connectivity index (χ0v) is 10.3. The van der Waals surface area contributed by atoms with Gasteiger partial charge in [0, 0.05) is 5.38 Å². The zero-order chi connectivity index (χ0) is 10.4. The predicted molar refractivity (Wildman–Crippen MR) is 63.9 cm³/mol. The molecule has 1 saturated carbocycles. The topological polar surface area (TPSA) is 12.0 Å². The summed E-state index contributed by atoms with van der Waals surface area (Å²) >= 11 is 6.07. The van der Waals surface area contributed by atoms with Gasteiger partial charge in [-0.1, -0.05) is 20.3 Å². The van der Waals surface area contributed by atoms with Gasteiger partial charge in [-0.25, -0.2) is 0 Å². The summed E-state index contributed by atoms with van der Waals surface area (Å²) in [5.41, 5.74) is 0. The van der Waals surface area contributed by atoms with E-state index in [2.05, 4.69) is 19.2 Å². The van der Waals surface area contributed by atoms with Gasteiger partial charge in [0.15, 0.2) is 0 Å². The van der Waals surface area contributed by atoms with Crippen LogP contribution in [0.5, 0.6) is 0 Å². The summed E-state index contributed by atoms with van der Waals surface area (Å²) < 4.78 is 0. The highest BCUT2D eigenvalue weighted by Crippen LogP contribution is 2.26. The first-order chi connectivity index (χ1) is 6.72. The summed E-state index contributed by atoms with van der Waals surface area (Å²) in [6, 6.07) is 0. The molecule has 0 radical (unpaired) electrons. The summed E-state index contributed by atoms with van der Waals surface area (Å²) in [5, 5.41) is 4.04. The highest BCUT2D eigenvalue weighted by Gasteiger charge is 2.18. The van der Waals surface area contributed by atoms with Crippen molar-refractivity contribution in [2.75, 3.05) is 13.1 Å². The molecule has 1 unspecified atom stereocenters. The maximum Gasteiger partial charge on any atom is 0.0336 e. The van der Waals surface area contributed by atoms with E-state index in [9.17, 15) is 0 Å². The standard InChI is InChI=1S/C12H24ClN/c1-3-10(2)8-14-9-11-4-6-12(13)7-5-11/h10-12,14H,3-9H2,1-2H3. The third kappa shape index (κ3) is 4.65. The molecule has 1 aliphatic rings. The molecule has 0 saturated heterocycles. The molecule has 0 spiro atoms. The number of nitrogens with one attached hydrogen (secondary N) is 1. The Morgan fingerprint density at radius 3 is 2.50 bits per heavy atom. The van der Waals surface area contributed by atoms with Crippen LogP contribution in [0.25, 0.3) is 0 Å². The van der Waals surface area contributed by atoms with E-state index < -0.39 is 0 Å². The number of hydrogen-bond donors (Lipinski definition) is 1. The Morgan fingerprint density at radius 2 is 1.93 bits per heavy atom. The van der Waals surface area contributed by atoms with Crippen molar-refractivity contribution in [2.45, 2.75) is 51.3 Å². The van der Waals surface area contributed by atoms with Gasteiger partial charge in [0.2, 0.25) is 0 Å². The second-order valence-corrected chi connectivity index (χ2v) is 5.41. The second kappa shape index (κ2) is 6.68. The molecule has 0 aromatic carbocycles. The summed E-state index contributed by atoms with van der Waals surface area (Å²) in [4.78, 5) is 0. The molecule has 0 aromatic heterocycles. The second-order valence-electron chi connectivity index (χ2n) is 4.79. The molecular formula is C12H24ClN. The molecule has 0 bridgehead atoms. The predicted octanol–water partition coefficient (Wildman–Crippen LogP) is 3.42. The summed E-state index contributed by atoms with van der Waals surface area (Å²) in [6.45, 7) is 6.94. The van der Waals surface area contributed by atoms with Crippen molar-refractivity contribution in [1.29, 1.82) is 0 Å². The van der Waals surface area contributed by atoms with Gasteiger partial charge in [-0.3, -0.25) is 0 Å². The molecule has 1 aliphatic carbocycles. The normalized spacial score (nSPS) is 30.2. The fourth-order valence-electron chi connectivity index (χ4n) is 2.00. The maximum absolute atomic E-state index is 6.07. The van der Waals surface area contributed by atoms with E-state index in [1.165, 1.54) is 45.2 Å². The minimum atomic E-state index is 0.459. The van der Waals surface area contributed by atoms with Gasteiger partial charge in [-0.05, 0) is 50.6 Å². The van der Waals surface area contributed by atoms with Crippen LogP contribution in [0.2, 0.25) is 0 Å². The van der Waals surface area contributed by atoms with E-state index >= 15 is 0 Å². The lowest BCUT2D eigenvalue weighted by molar-refractivity contribution is 0.337. The van der Waals surface area contributed by atoms with Crippen molar-refractivity contribution in [3.05, 3.63) is 0 Å². The van der Waals surface area contributed by atoms with E-state index in [0.717, 1.165) is 11.8 Å². The molecule has 84 valence electrons. The molecule has 1 nitrogen and oxygen atoms in total. The van der Waals surface area contributed by atoms with Crippen molar-refractivity contribution >= 4 is 11.6 Å². The summed E-state index contributed by atoms with van der Waals surface area (Å²) in [6.07, 6.45) is 6.36. The minimum Gasteiger partial charge on any atom is -0.316 e. The van der Waals surface area contributed by atoms with Gasteiger partial charge in [0.05, 0.1) is 0 Å². The lowest BCUT2D eigenvalue weighted by Crippen LogP contribution is -2.29. The highest BCUT2D eigenvalue weighted by molar-refractivity contribution is 6.20. The van der Waals surface area contributed by atoms with Crippen LogP contribution in [0.1, 0.15) is 46.0 Å². The number of halogens is 1. The molecule has 0 aromatic rings. The van der Waals surface area contributed by atoms with Crippen molar-refractivity contribution in [3.63, 3.8) is 0 Å². The summed E-state index contributed by atoms with van der Waals surface area (Å²) in [5.74, 6) is 1.70. The number of rotatable bonds is 5. The number of alkyl halides is 1. The van der Waals surface area contributed by atoms with Crippen molar-refractivity contribution in [3.8, 4) is 0 Å². The Kier molecular flexibility index (Phi) is 5.88. The first kappa shape index (κ1) is 12.3. The van der Waals surface area contributed by atoms with Gasteiger partial charge in [-0.2, -0.15) is 0 Å². The van der Waals surface area contributed by atoms with E-state index in [4.69, 9.17) is 11.6 Å². The molecule has 2 heteroatoms. The molecule has 1 fully saturated rings. The summed E-state index contributed by atoms with van der Waals surface area (Å²) in [7, 11) is 0. The Hall–Kier alpha value is 0.250. The minimum absolute atomic E-state index is 0.459. The van der Waals surface area contributed by atoms with Crippen LogP contribution in [-0.4, -0.2) is 18.5 Å². The van der Waals surface area contributed by atoms with Gasteiger partial charge >= 0.3 is 0 Å². The first-order valence-electron chi connectivity index (χ1n) is 6.07. The van der Waals surface area contributed by atoms with Crippen molar-refractivity contribution in [1.82, 2.24) is 5.32 Å². The van der Waals surface area contributed by atoms with Gasteiger partial charge in [-0.15, -0.1) is 11.6 Å². The van der Waals surface area contributed by atoms with Crippen LogP contribution in [0, 0.1) is 11.8 Å². The van der Waals surface area contributed by atoms with Crippen LogP contribution >= 0.6 is 11.6 Å². The molecule has 14 heavy (non-hydrogen) atoms. The maximum atomic E-state index is 6.07. The fraction of sp³-hybridized carbons (Fsp3) is 1.00. The Morgan fingerprint density at radius 1 is 1.29 bits per heavy atom. The smallest absolute Gasteiger partial charge is 0.0336 e. The Balaban J connectivity index is 2.02.